The SMILES string of the molecule is Cc1nn(-c2ccccc2)cc1NCCO. The predicted molar refractivity (Wildman–Crippen MR) is 63.9 cm³/mol. The molecule has 0 bridgehead atoms. The lowest BCUT2D eigenvalue weighted by atomic mass is 10.3. The van der Waals surface area contributed by atoms with E-state index in [0.717, 1.165) is 17.1 Å². The minimum atomic E-state index is 0.121. The number of para-hydroxylation sites is 1. The van der Waals surface area contributed by atoms with E-state index in [1.807, 2.05) is 48.1 Å². The van der Waals surface area contributed by atoms with Crippen LogP contribution in [-0.4, -0.2) is 28.0 Å². The van der Waals surface area contributed by atoms with E-state index in [4.69, 9.17) is 5.11 Å². The number of aryl methyl sites for hydroxylation is 1. The minimum absolute atomic E-state index is 0.121. The van der Waals surface area contributed by atoms with Gasteiger partial charge in [0.1, 0.15) is 0 Å². The van der Waals surface area contributed by atoms with Crippen molar-refractivity contribution in [3.05, 3.63) is 42.2 Å². The van der Waals surface area contributed by atoms with Crippen LogP contribution in [0.5, 0.6) is 0 Å². The lowest BCUT2D eigenvalue weighted by molar-refractivity contribution is 0.311. The third-order valence-electron chi connectivity index (χ3n) is 2.35. The Morgan fingerprint density at radius 1 is 1.31 bits per heavy atom. The van der Waals surface area contributed by atoms with Crippen molar-refractivity contribution in [2.45, 2.75) is 6.92 Å². The van der Waals surface area contributed by atoms with Gasteiger partial charge in [0.2, 0.25) is 0 Å². The summed E-state index contributed by atoms with van der Waals surface area (Å²) < 4.78 is 1.83. The number of benzene rings is 1. The topological polar surface area (TPSA) is 50.1 Å². The van der Waals surface area contributed by atoms with E-state index in [1.165, 1.54) is 0 Å². The van der Waals surface area contributed by atoms with Crippen LogP contribution in [-0.2, 0) is 0 Å². The van der Waals surface area contributed by atoms with Gasteiger partial charge in [0.15, 0.2) is 0 Å². The van der Waals surface area contributed by atoms with Gasteiger partial charge in [-0.15, -0.1) is 0 Å². The highest BCUT2D eigenvalue weighted by Crippen LogP contribution is 2.15. The molecule has 0 aliphatic carbocycles. The highest BCUT2D eigenvalue weighted by atomic mass is 16.3. The van der Waals surface area contributed by atoms with Crippen molar-refractivity contribution in [3.8, 4) is 5.69 Å². The lowest BCUT2D eigenvalue weighted by Crippen LogP contribution is -2.05. The number of hydrogen-bond acceptors (Lipinski definition) is 3. The third kappa shape index (κ3) is 2.23. The maximum absolute atomic E-state index is 8.75. The van der Waals surface area contributed by atoms with E-state index >= 15 is 0 Å². The summed E-state index contributed by atoms with van der Waals surface area (Å²) in [5, 5.41) is 16.3. The molecule has 0 unspecified atom stereocenters. The quantitative estimate of drug-likeness (QED) is 0.817. The number of hydrogen-bond donors (Lipinski definition) is 2. The van der Waals surface area contributed by atoms with Crippen molar-refractivity contribution in [2.24, 2.45) is 0 Å². The Morgan fingerprint density at radius 3 is 2.75 bits per heavy atom. The molecule has 1 aromatic carbocycles. The molecule has 0 spiro atoms. The highest BCUT2D eigenvalue weighted by molar-refractivity contribution is 5.48. The number of rotatable bonds is 4. The summed E-state index contributed by atoms with van der Waals surface area (Å²) >= 11 is 0. The van der Waals surface area contributed by atoms with Crippen molar-refractivity contribution in [1.82, 2.24) is 9.78 Å². The Hall–Kier alpha value is -1.81. The van der Waals surface area contributed by atoms with Gasteiger partial charge >= 0.3 is 0 Å². The average molecular weight is 217 g/mol. The lowest BCUT2D eigenvalue weighted by Gasteiger charge is -2.00. The van der Waals surface area contributed by atoms with Crippen LogP contribution in [0.4, 0.5) is 5.69 Å². The van der Waals surface area contributed by atoms with Gasteiger partial charge in [-0.3, -0.25) is 0 Å². The number of nitrogens with one attached hydrogen (secondary N) is 1. The van der Waals surface area contributed by atoms with Gasteiger partial charge in [0, 0.05) is 6.54 Å². The summed E-state index contributed by atoms with van der Waals surface area (Å²) in [7, 11) is 0. The van der Waals surface area contributed by atoms with E-state index < -0.39 is 0 Å². The molecule has 0 aliphatic heterocycles. The van der Waals surface area contributed by atoms with Gasteiger partial charge in [-0.1, -0.05) is 18.2 Å². The Kier molecular flexibility index (Phi) is 3.22. The Labute approximate surface area is 94.5 Å². The molecule has 4 heteroatoms. The first-order chi connectivity index (χ1) is 7.81. The number of anilines is 1. The van der Waals surface area contributed by atoms with Gasteiger partial charge in [-0.05, 0) is 19.1 Å². The largest absolute Gasteiger partial charge is 0.395 e. The highest BCUT2D eigenvalue weighted by Gasteiger charge is 2.04. The summed E-state index contributed by atoms with van der Waals surface area (Å²) in [5.74, 6) is 0. The molecule has 4 nitrogen and oxygen atoms in total. The summed E-state index contributed by atoms with van der Waals surface area (Å²) in [6.45, 7) is 2.61. The number of aromatic nitrogens is 2. The van der Waals surface area contributed by atoms with Crippen molar-refractivity contribution in [3.63, 3.8) is 0 Å². The molecule has 0 fully saturated rings. The summed E-state index contributed by atoms with van der Waals surface area (Å²) in [4.78, 5) is 0. The average Bonchev–Trinajstić information content (AvgIpc) is 2.69. The van der Waals surface area contributed by atoms with E-state index in [0.29, 0.717) is 6.54 Å². The van der Waals surface area contributed by atoms with Crippen LogP contribution in [0.25, 0.3) is 5.69 Å². The van der Waals surface area contributed by atoms with Gasteiger partial charge in [0.05, 0.1) is 29.9 Å². The van der Waals surface area contributed by atoms with E-state index in [1.54, 1.807) is 0 Å². The van der Waals surface area contributed by atoms with Gasteiger partial charge in [-0.2, -0.15) is 5.10 Å². The second-order valence-electron chi connectivity index (χ2n) is 3.56. The van der Waals surface area contributed by atoms with E-state index in [2.05, 4.69) is 10.4 Å². The van der Waals surface area contributed by atoms with Crippen molar-refractivity contribution in [1.29, 1.82) is 0 Å². The first-order valence-corrected chi connectivity index (χ1v) is 5.27. The number of aliphatic hydroxyl groups excluding tert-OH is 1. The Balaban J connectivity index is 2.24. The molecular weight excluding hydrogens is 202 g/mol. The fourth-order valence-corrected chi connectivity index (χ4v) is 1.54. The molecule has 0 saturated heterocycles. The van der Waals surface area contributed by atoms with Crippen LogP contribution in [0.1, 0.15) is 5.69 Å². The van der Waals surface area contributed by atoms with E-state index in [-0.39, 0.29) is 6.61 Å². The summed E-state index contributed by atoms with van der Waals surface area (Å²) in [6.07, 6.45) is 1.93. The molecule has 1 heterocycles. The zero-order chi connectivity index (χ0) is 11.4. The van der Waals surface area contributed by atoms with Crippen LogP contribution >= 0.6 is 0 Å². The molecule has 0 amide bonds. The zero-order valence-electron chi connectivity index (χ0n) is 9.22. The van der Waals surface area contributed by atoms with Crippen LogP contribution in [0.15, 0.2) is 36.5 Å². The first-order valence-electron chi connectivity index (χ1n) is 5.27. The molecule has 0 radical (unpaired) electrons. The fraction of sp³-hybridized carbons (Fsp3) is 0.250. The maximum Gasteiger partial charge on any atom is 0.0829 e. The van der Waals surface area contributed by atoms with Crippen LogP contribution in [0.3, 0.4) is 0 Å². The maximum atomic E-state index is 8.75. The number of nitrogens with zero attached hydrogens (tertiary/aromatic N) is 2. The standard InChI is InChI=1S/C12H15N3O/c1-10-12(13-7-8-16)9-15(14-10)11-5-3-2-4-6-11/h2-6,9,13,16H,7-8H2,1H3. The molecule has 16 heavy (non-hydrogen) atoms. The molecule has 0 saturated carbocycles. The van der Waals surface area contributed by atoms with E-state index in [9.17, 15) is 0 Å². The molecule has 2 rings (SSSR count). The van der Waals surface area contributed by atoms with Crippen molar-refractivity contribution >= 4 is 5.69 Å². The fourth-order valence-electron chi connectivity index (χ4n) is 1.54. The Bertz CT molecular complexity index is 451. The summed E-state index contributed by atoms with van der Waals surface area (Å²) in [6, 6.07) is 9.94. The molecule has 84 valence electrons. The third-order valence-corrected chi connectivity index (χ3v) is 2.35. The Morgan fingerprint density at radius 2 is 2.06 bits per heavy atom. The van der Waals surface area contributed by atoms with Gasteiger partial charge in [-0.25, -0.2) is 4.68 Å². The minimum Gasteiger partial charge on any atom is -0.395 e. The number of aliphatic hydroxyl groups is 1. The smallest absolute Gasteiger partial charge is 0.0829 e. The molecule has 2 aromatic rings. The second kappa shape index (κ2) is 4.81. The molecule has 2 N–H and O–H groups in total. The van der Waals surface area contributed by atoms with Gasteiger partial charge < -0.3 is 10.4 Å². The molecule has 0 atom stereocenters. The second-order valence-corrected chi connectivity index (χ2v) is 3.56. The molecule has 1 aromatic heterocycles. The predicted octanol–water partition coefficient (Wildman–Crippen LogP) is 1.58. The van der Waals surface area contributed by atoms with Crippen LogP contribution in [0.2, 0.25) is 0 Å². The normalized spacial score (nSPS) is 10.4. The molecule has 0 aliphatic rings. The zero-order valence-corrected chi connectivity index (χ0v) is 9.22. The first kappa shape index (κ1) is 10.7. The monoisotopic (exact) mass is 217 g/mol. The van der Waals surface area contributed by atoms with Gasteiger partial charge in [0.25, 0.3) is 0 Å². The van der Waals surface area contributed by atoms with Crippen molar-refractivity contribution < 1.29 is 5.11 Å². The summed E-state index contributed by atoms with van der Waals surface area (Å²) in [5.41, 5.74) is 2.91. The van der Waals surface area contributed by atoms with Crippen molar-refractivity contribution in [2.75, 3.05) is 18.5 Å². The van der Waals surface area contributed by atoms with Crippen LogP contribution in [0, 0.1) is 6.92 Å². The van der Waals surface area contributed by atoms with Crippen LogP contribution < -0.4 is 5.32 Å². The molecular formula is C12H15N3O.